The lowest BCUT2D eigenvalue weighted by Gasteiger charge is -2.37. The van der Waals surface area contributed by atoms with Crippen molar-refractivity contribution in [2.45, 2.75) is 64.3 Å². The Morgan fingerprint density at radius 1 is 1.24 bits per heavy atom. The van der Waals surface area contributed by atoms with Gasteiger partial charge in [-0.1, -0.05) is 19.3 Å². The minimum absolute atomic E-state index is 0.0131. The molecule has 1 aliphatic carbocycles. The molecule has 0 aliphatic heterocycles. The van der Waals surface area contributed by atoms with E-state index < -0.39 is 15.4 Å². The van der Waals surface area contributed by atoms with E-state index in [1.54, 1.807) is 0 Å². The highest BCUT2D eigenvalue weighted by Gasteiger charge is 2.34. The minimum Gasteiger partial charge on any atom is -0.351 e. The third-order valence-corrected chi connectivity index (χ3v) is 5.40. The Morgan fingerprint density at radius 3 is 2.29 bits per heavy atom. The molecule has 0 saturated heterocycles. The summed E-state index contributed by atoms with van der Waals surface area (Å²) in [6.45, 7) is 4.28. The van der Waals surface area contributed by atoms with Crippen molar-refractivity contribution in [2.24, 2.45) is 11.1 Å². The summed E-state index contributed by atoms with van der Waals surface area (Å²) >= 11 is 0. The summed E-state index contributed by atoms with van der Waals surface area (Å²) in [5.74, 6) is 0.0725. The molecular formula is C15H30N2O3S. The Kier molecular flexibility index (Phi) is 6.23. The maximum atomic E-state index is 12.3. The molecule has 1 aliphatic rings. The van der Waals surface area contributed by atoms with Crippen LogP contribution in [0.5, 0.6) is 0 Å². The summed E-state index contributed by atoms with van der Waals surface area (Å²) in [5.41, 5.74) is 5.34. The van der Waals surface area contributed by atoms with Crippen molar-refractivity contribution < 1.29 is 13.2 Å². The van der Waals surface area contributed by atoms with Gasteiger partial charge in [0.15, 0.2) is 0 Å². The zero-order chi connectivity index (χ0) is 16.1. The Labute approximate surface area is 129 Å². The topological polar surface area (TPSA) is 89.3 Å². The lowest BCUT2D eigenvalue weighted by atomic mass is 9.71. The molecule has 1 amide bonds. The van der Waals surface area contributed by atoms with Crippen molar-refractivity contribution in [3.05, 3.63) is 0 Å². The van der Waals surface area contributed by atoms with E-state index in [1.165, 1.54) is 12.7 Å². The van der Waals surface area contributed by atoms with Gasteiger partial charge in [-0.2, -0.15) is 0 Å². The fraction of sp³-hybridized carbons (Fsp3) is 0.933. The van der Waals surface area contributed by atoms with Crippen LogP contribution in [0.1, 0.15) is 58.8 Å². The van der Waals surface area contributed by atoms with Crippen LogP contribution in [0.25, 0.3) is 0 Å². The Bertz CT molecular complexity index is 452. The molecule has 0 spiro atoms. The number of rotatable bonds is 7. The average molecular weight is 318 g/mol. The molecule has 1 fully saturated rings. The number of sulfone groups is 1. The van der Waals surface area contributed by atoms with Crippen LogP contribution in [0.2, 0.25) is 0 Å². The first kappa shape index (κ1) is 18.4. The smallest absolute Gasteiger partial charge is 0.221 e. The summed E-state index contributed by atoms with van der Waals surface area (Å²) in [6, 6.07) is 0. The average Bonchev–Trinajstić information content (AvgIpc) is 2.36. The highest BCUT2D eigenvalue weighted by Crippen LogP contribution is 2.38. The third kappa shape index (κ3) is 6.78. The SMILES string of the molecule is CC(C)(CCS(C)(=O)=O)NC(=O)CC1(CN)CCCCC1. The van der Waals surface area contributed by atoms with Gasteiger partial charge < -0.3 is 11.1 Å². The molecule has 0 unspecified atom stereocenters. The fourth-order valence-corrected chi connectivity index (χ4v) is 3.90. The molecule has 5 nitrogen and oxygen atoms in total. The van der Waals surface area contributed by atoms with Crippen LogP contribution >= 0.6 is 0 Å². The van der Waals surface area contributed by atoms with E-state index in [-0.39, 0.29) is 17.1 Å². The highest BCUT2D eigenvalue weighted by molar-refractivity contribution is 7.90. The standard InChI is InChI=1S/C15H30N2O3S/c1-14(2,9-10-21(3,19)20)17-13(18)11-15(12-16)7-5-4-6-8-15/h4-12,16H2,1-3H3,(H,17,18). The maximum absolute atomic E-state index is 12.3. The van der Waals surface area contributed by atoms with Gasteiger partial charge in [-0.05, 0) is 45.1 Å². The van der Waals surface area contributed by atoms with Crippen LogP contribution in [-0.2, 0) is 14.6 Å². The zero-order valence-electron chi connectivity index (χ0n) is 13.6. The number of nitrogens with two attached hydrogens (primary N) is 1. The molecule has 6 heteroatoms. The third-order valence-electron chi connectivity index (χ3n) is 4.46. The molecule has 0 radical (unpaired) electrons. The van der Waals surface area contributed by atoms with Gasteiger partial charge >= 0.3 is 0 Å². The summed E-state index contributed by atoms with van der Waals surface area (Å²) in [7, 11) is -3.01. The monoisotopic (exact) mass is 318 g/mol. The molecule has 0 aromatic heterocycles. The Morgan fingerprint density at radius 2 is 1.81 bits per heavy atom. The summed E-state index contributed by atoms with van der Waals surface area (Å²) in [4.78, 5) is 12.3. The van der Waals surface area contributed by atoms with E-state index in [2.05, 4.69) is 5.32 Å². The lowest BCUT2D eigenvalue weighted by molar-refractivity contribution is -0.125. The molecule has 1 rings (SSSR count). The number of carbonyl (C=O) groups is 1. The van der Waals surface area contributed by atoms with Gasteiger partial charge in [-0.3, -0.25) is 4.79 Å². The normalized spacial score (nSPS) is 19.2. The first-order chi connectivity index (χ1) is 9.58. The molecule has 21 heavy (non-hydrogen) atoms. The lowest BCUT2D eigenvalue weighted by Crippen LogP contribution is -2.47. The first-order valence-corrected chi connectivity index (χ1v) is 9.82. The quantitative estimate of drug-likeness (QED) is 0.746. The largest absolute Gasteiger partial charge is 0.351 e. The second-order valence-electron chi connectivity index (χ2n) is 7.25. The Hall–Kier alpha value is -0.620. The molecule has 0 aromatic rings. The van der Waals surface area contributed by atoms with Crippen LogP contribution in [0, 0.1) is 5.41 Å². The number of amides is 1. The molecule has 0 atom stereocenters. The van der Waals surface area contributed by atoms with Crippen molar-refractivity contribution in [3.8, 4) is 0 Å². The zero-order valence-corrected chi connectivity index (χ0v) is 14.4. The van der Waals surface area contributed by atoms with E-state index in [0.29, 0.717) is 19.4 Å². The van der Waals surface area contributed by atoms with E-state index in [4.69, 9.17) is 5.73 Å². The van der Waals surface area contributed by atoms with E-state index in [9.17, 15) is 13.2 Å². The number of carbonyl (C=O) groups excluding carboxylic acids is 1. The van der Waals surface area contributed by atoms with Gasteiger partial charge in [0.1, 0.15) is 9.84 Å². The molecule has 3 N–H and O–H groups in total. The minimum atomic E-state index is -3.01. The van der Waals surface area contributed by atoms with Crippen molar-refractivity contribution in [3.63, 3.8) is 0 Å². The van der Waals surface area contributed by atoms with Crippen molar-refractivity contribution in [2.75, 3.05) is 18.6 Å². The molecule has 0 aromatic carbocycles. The van der Waals surface area contributed by atoms with Gasteiger partial charge in [0.05, 0.1) is 5.75 Å². The fourth-order valence-electron chi connectivity index (χ4n) is 3.02. The first-order valence-electron chi connectivity index (χ1n) is 7.76. The van der Waals surface area contributed by atoms with Crippen molar-refractivity contribution in [1.82, 2.24) is 5.32 Å². The van der Waals surface area contributed by atoms with Gasteiger partial charge in [0.2, 0.25) is 5.91 Å². The second-order valence-corrected chi connectivity index (χ2v) is 9.51. The van der Waals surface area contributed by atoms with Gasteiger partial charge in [-0.15, -0.1) is 0 Å². The second kappa shape index (κ2) is 7.09. The maximum Gasteiger partial charge on any atom is 0.221 e. The van der Waals surface area contributed by atoms with E-state index >= 15 is 0 Å². The number of nitrogens with one attached hydrogen (secondary N) is 1. The molecule has 1 saturated carbocycles. The predicted octanol–water partition coefficient (Wildman–Crippen LogP) is 1.62. The number of hydrogen-bond acceptors (Lipinski definition) is 4. The molecule has 0 heterocycles. The molecule has 0 bridgehead atoms. The summed E-state index contributed by atoms with van der Waals surface area (Å²) in [6.07, 6.45) is 7.63. The van der Waals surface area contributed by atoms with Crippen LogP contribution < -0.4 is 11.1 Å². The van der Waals surface area contributed by atoms with Crippen LogP contribution in [0.4, 0.5) is 0 Å². The van der Waals surface area contributed by atoms with E-state index in [1.807, 2.05) is 13.8 Å². The molecule has 124 valence electrons. The number of hydrogen-bond donors (Lipinski definition) is 2. The van der Waals surface area contributed by atoms with Crippen molar-refractivity contribution in [1.29, 1.82) is 0 Å². The van der Waals surface area contributed by atoms with Gasteiger partial charge in [-0.25, -0.2) is 8.42 Å². The van der Waals surface area contributed by atoms with Crippen LogP contribution in [0.3, 0.4) is 0 Å². The predicted molar refractivity (Wildman–Crippen MR) is 85.7 cm³/mol. The van der Waals surface area contributed by atoms with Crippen LogP contribution in [-0.4, -0.2) is 38.4 Å². The van der Waals surface area contributed by atoms with Crippen molar-refractivity contribution >= 4 is 15.7 Å². The highest BCUT2D eigenvalue weighted by atomic mass is 32.2. The summed E-state index contributed by atoms with van der Waals surface area (Å²) in [5, 5.41) is 2.98. The van der Waals surface area contributed by atoms with Gasteiger partial charge in [0.25, 0.3) is 0 Å². The summed E-state index contributed by atoms with van der Waals surface area (Å²) < 4.78 is 22.5. The Balaban J connectivity index is 2.54. The molecular weight excluding hydrogens is 288 g/mol. The van der Waals surface area contributed by atoms with Crippen LogP contribution in [0.15, 0.2) is 0 Å². The van der Waals surface area contributed by atoms with Gasteiger partial charge in [0, 0.05) is 18.2 Å². The van der Waals surface area contributed by atoms with E-state index in [0.717, 1.165) is 25.7 Å².